The first-order valence-electron chi connectivity index (χ1n) is 7.48. The predicted molar refractivity (Wildman–Crippen MR) is 111 cm³/mol. The molecule has 0 aromatic heterocycles. The molecule has 0 spiro atoms. The fraction of sp³-hybridized carbons (Fsp3) is 0.222. The number of hydrogen-bond acceptors (Lipinski definition) is 3. The molecule has 2 aromatic carbocycles. The van der Waals surface area contributed by atoms with Crippen LogP contribution in [0.2, 0.25) is 15.1 Å². The van der Waals surface area contributed by atoms with Crippen LogP contribution in [0.1, 0.15) is 5.56 Å². The molecule has 0 aliphatic heterocycles. The Morgan fingerprint density at radius 3 is 2.00 bits per heavy atom. The summed E-state index contributed by atoms with van der Waals surface area (Å²) in [6.45, 7) is 0. The Hall–Kier alpha value is -1.75. The highest BCUT2D eigenvalue weighted by Crippen LogP contribution is 2.37. The molecule has 0 amide bonds. The Labute approximate surface area is 163 Å². The molecule has 0 N–H and O–H groups in total. The lowest BCUT2D eigenvalue weighted by Crippen LogP contribution is -2.08. The zero-order valence-electron chi connectivity index (χ0n) is 14.5. The molecule has 0 aliphatic rings. The molecular weight excluding hydrogens is 379 g/mol. The first-order chi connectivity index (χ1) is 11.8. The van der Waals surface area contributed by atoms with Crippen LogP contribution in [-0.2, 0) is 0 Å². The van der Waals surface area contributed by atoms with Crippen LogP contribution in [0.4, 0.5) is 17.1 Å². The molecule has 2 rings (SSSR count). The molecule has 0 fully saturated rings. The van der Waals surface area contributed by atoms with Crippen molar-refractivity contribution in [2.24, 2.45) is 9.98 Å². The van der Waals surface area contributed by atoms with Crippen molar-refractivity contribution < 1.29 is 0 Å². The molecule has 25 heavy (non-hydrogen) atoms. The first kappa shape index (κ1) is 19.6. The van der Waals surface area contributed by atoms with Gasteiger partial charge in [0.2, 0.25) is 0 Å². The van der Waals surface area contributed by atoms with E-state index in [0.29, 0.717) is 26.4 Å². The van der Waals surface area contributed by atoms with Crippen LogP contribution in [0.15, 0.2) is 40.3 Å². The number of nitrogens with zero attached hydrogens (tertiary/aromatic N) is 4. The number of anilines is 1. The minimum atomic E-state index is 0.437. The van der Waals surface area contributed by atoms with Crippen LogP contribution in [0, 0.1) is 0 Å². The molecule has 0 saturated carbocycles. The van der Waals surface area contributed by atoms with E-state index in [9.17, 15) is 0 Å². The third kappa shape index (κ3) is 5.36. The van der Waals surface area contributed by atoms with Gasteiger partial charge >= 0.3 is 0 Å². The second kappa shape index (κ2) is 8.56. The molecule has 0 heterocycles. The molecule has 0 unspecified atom stereocenters. The van der Waals surface area contributed by atoms with Gasteiger partial charge in [0.15, 0.2) is 0 Å². The van der Waals surface area contributed by atoms with Gasteiger partial charge in [-0.3, -0.25) is 4.99 Å². The van der Waals surface area contributed by atoms with Gasteiger partial charge in [-0.1, -0.05) is 34.8 Å². The summed E-state index contributed by atoms with van der Waals surface area (Å²) in [7, 11) is 7.66. The number of benzene rings is 2. The summed E-state index contributed by atoms with van der Waals surface area (Å²) in [6, 6.07) is 9.22. The van der Waals surface area contributed by atoms with Crippen LogP contribution >= 0.6 is 34.8 Å². The highest BCUT2D eigenvalue weighted by Gasteiger charge is 2.07. The van der Waals surface area contributed by atoms with Crippen LogP contribution < -0.4 is 4.90 Å². The predicted octanol–water partition coefficient (Wildman–Crippen LogP) is 5.68. The molecule has 132 valence electrons. The first-order valence-corrected chi connectivity index (χ1v) is 8.62. The lowest BCUT2D eigenvalue weighted by atomic mass is 10.2. The van der Waals surface area contributed by atoms with Crippen molar-refractivity contribution in [2.75, 3.05) is 33.1 Å². The maximum absolute atomic E-state index is 6.30. The largest absolute Gasteiger partial charge is 0.378 e. The van der Waals surface area contributed by atoms with E-state index in [1.807, 2.05) is 51.3 Å². The highest BCUT2D eigenvalue weighted by atomic mass is 35.5. The van der Waals surface area contributed by atoms with E-state index < -0.39 is 0 Å². The smallest absolute Gasteiger partial charge is 0.102 e. The van der Waals surface area contributed by atoms with Crippen LogP contribution in [0.3, 0.4) is 0 Å². The van der Waals surface area contributed by atoms with Crippen molar-refractivity contribution in [2.45, 2.75) is 0 Å². The molecule has 0 radical (unpaired) electrons. The van der Waals surface area contributed by atoms with E-state index >= 15 is 0 Å². The average Bonchev–Trinajstić information content (AvgIpc) is 2.52. The molecule has 2 aromatic rings. The van der Waals surface area contributed by atoms with Gasteiger partial charge < -0.3 is 9.80 Å². The van der Waals surface area contributed by atoms with E-state index in [1.165, 1.54) is 0 Å². The van der Waals surface area contributed by atoms with Crippen LogP contribution in [0.25, 0.3) is 0 Å². The van der Waals surface area contributed by atoms with Crippen LogP contribution in [-0.4, -0.2) is 45.6 Å². The summed E-state index contributed by atoms with van der Waals surface area (Å²) in [6.07, 6.45) is 3.33. The molecule has 4 nitrogen and oxygen atoms in total. The molecule has 0 atom stereocenters. The SMILES string of the molecule is CN(C)/C=N\c1c(Cl)cc(/N=C/c2ccc(N(C)C)cc2Cl)cc1Cl. The number of hydrogen-bond donors (Lipinski definition) is 0. The number of halogens is 3. The Morgan fingerprint density at radius 2 is 1.48 bits per heavy atom. The quantitative estimate of drug-likeness (QED) is 0.480. The fourth-order valence-corrected chi connectivity index (χ4v) is 2.76. The van der Waals surface area contributed by atoms with E-state index in [-0.39, 0.29) is 0 Å². The lowest BCUT2D eigenvalue weighted by Gasteiger charge is -2.13. The molecule has 0 saturated heterocycles. The van der Waals surface area contributed by atoms with E-state index in [2.05, 4.69) is 9.98 Å². The van der Waals surface area contributed by atoms with Gasteiger partial charge in [-0.2, -0.15) is 0 Å². The Balaban J connectivity index is 2.27. The number of rotatable bonds is 5. The van der Waals surface area contributed by atoms with Crippen molar-refractivity contribution in [1.29, 1.82) is 0 Å². The Bertz CT molecular complexity index is 791. The minimum absolute atomic E-state index is 0.437. The molecule has 0 aliphatic carbocycles. The normalized spacial score (nSPS) is 11.5. The van der Waals surface area contributed by atoms with Gasteiger partial charge in [-0.05, 0) is 30.3 Å². The van der Waals surface area contributed by atoms with Crippen molar-refractivity contribution in [3.8, 4) is 0 Å². The zero-order chi connectivity index (χ0) is 18.6. The summed E-state index contributed by atoms with van der Waals surface area (Å²) in [4.78, 5) is 12.5. The molecular formula is C18H19Cl3N4. The van der Waals surface area contributed by atoms with Crippen molar-refractivity contribution >= 4 is 64.4 Å². The summed E-state index contributed by atoms with van der Waals surface area (Å²) < 4.78 is 0. The third-order valence-corrected chi connectivity index (χ3v) is 4.18. The maximum Gasteiger partial charge on any atom is 0.102 e. The maximum atomic E-state index is 6.30. The third-order valence-electron chi connectivity index (χ3n) is 3.27. The van der Waals surface area contributed by atoms with E-state index in [4.69, 9.17) is 34.8 Å². The topological polar surface area (TPSA) is 31.2 Å². The van der Waals surface area contributed by atoms with Gasteiger partial charge in [-0.15, -0.1) is 0 Å². The monoisotopic (exact) mass is 396 g/mol. The highest BCUT2D eigenvalue weighted by molar-refractivity contribution is 6.39. The van der Waals surface area contributed by atoms with Crippen LogP contribution in [0.5, 0.6) is 0 Å². The van der Waals surface area contributed by atoms with Crippen molar-refractivity contribution in [3.63, 3.8) is 0 Å². The van der Waals surface area contributed by atoms with E-state index in [0.717, 1.165) is 11.3 Å². The second-order valence-electron chi connectivity index (χ2n) is 5.82. The standard InChI is InChI=1S/C18H19Cl3N4/c1-24(2)11-23-18-16(20)7-13(8-17(18)21)22-10-12-5-6-14(25(3)4)9-15(12)19/h5-11H,1-4H3/b22-10+,23-11-. The second-order valence-corrected chi connectivity index (χ2v) is 7.05. The van der Waals surface area contributed by atoms with Gasteiger partial charge in [0, 0.05) is 45.7 Å². The summed E-state index contributed by atoms with van der Waals surface area (Å²) >= 11 is 18.8. The summed E-state index contributed by atoms with van der Waals surface area (Å²) in [5.74, 6) is 0. The Kier molecular flexibility index (Phi) is 6.71. The fourth-order valence-electron chi connectivity index (χ4n) is 1.97. The van der Waals surface area contributed by atoms with Gasteiger partial charge in [-0.25, -0.2) is 4.99 Å². The average molecular weight is 398 g/mol. The van der Waals surface area contributed by atoms with E-state index in [1.54, 1.807) is 29.6 Å². The lowest BCUT2D eigenvalue weighted by molar-refractivity contribution is 0.643. The van der Waals surface area contributed by atoms with Gasteiger partial charge in [0.1, 0.15) is 5.69 Å². The van der Waals surface area contributed by atoms with Crippen molar-refractivity contribution in [3.05, 3.63) is 51.0 Å². The summed E-state index contributed by atoms with van der Waals surface area (Å²) in [5.41, 5.74) is 2.99. The van der Waals surface area contributed by atoms with Gasteiger partial charge in [0.25, 0.3) is 0 Å². The molecule has 7 heteroatoms. The van der Waals surface area contributed by atoms with Crippen molar-refractivity contribution in [1.82, 2.24) is 4.90 Å². The Morgan fingerprint density at radius 1 is 0.840 bits per heavy atom. The van der Waals surface area contributed by atoms with Gasteiger partial charge in [0.05, 0.1) is 27.1 Å². The number of aliphatic imine (C=N–C) groups is 2. The minimum Gasteiger partial charge on any atom is -0.378 e. The zero-order valence-corrected chi connectivity index (χ0v) is 16.7. The molecule has 0 bridgehead atoms. The summed E-state index contributed by atoms with van der Waals surface area (Å²) in [5, 5.41) is 1.50.